The summed E-state index contributed by atoms with van der Waals surface area (Å²) >= 11 is 0. The number of benzene rings is 1. The quantitative estimate of drug-likeness (QED) is 0.627. The molecular formula is C15H11F4NO3. The molecule has 0 aliphatic heterocycles. The molecule has 0 saturated heterocycles. The number of rotatable bonds is 3. The van der Waals surface area contributed by atoms with E-state index in [2.05, 4.69) is 9.72 Å². The van der Waals surface area contributed by atoms with Gasteiger partial charge in [-0.2, -0.15) is 13.2 Å². The lowest BCUT2D eigenvalue weighted by molar-refractivity contribution is -0.137. The number of aromatic nitrogens is 1. The number of halogens is 4. The van der Waals surface area contributed by atoms with Crippen LogP contribution in [0.4, 0.5) is 17.6 Å². The first kappa shape index (κ1) is 15.5. The summed E-state index contributed by atoms with van der Waals surface area (Å²) in [6.45, 7) is 0. The van der Waals surface area contributed by atoms with Gasteiger partial charge in [-0.05, 0) is 31.0 Å². The highest BCUT2D eigenvalue weighted by Gasteiger charge is 2.35. The second kappa shape index (κ2) is 5.36. The second-order valence-corrected chi connectivity index (χ2v) is 5.22. The number of ether oxygens (including phenoxy) is 1. The summed E-state index contributed by atoms with van der Waals surface area (Å²) in [6.07, 6.45) is -3.13. The van der Waals surface area contributed by atoms with E-state index in [1.54, 1.807) is 0 Å². The highest BCUT2D eigenvalue weighted by molar-refractivity contribution is 5.89. The van der Waals surface area contributed by atoms with Gasteiger partial charge in [-0.1, -0.05) is 0 Å². The summed E-state index contributed by atoms with van der Waals surface area (Å²) < 4.78 is 61.8. The van der Waals surface area contributed by atoms with E-state index in [4.69, 9.17) is 4.42 Å². The van der Waals surface area contributed by atoms with Gasteiger partial charge in [0.05, 0.1) is 12.7 Å². The van der Waals surface area contributed by atoms with E-state index >= 15 is 0 Å². The van der Waals surface area contributed by atoms with Crippen molar-refractivity contribution in [3.05, 3.63) is 41.0 Å². The summed E-state index contributed by atoms with van der Waals surface area (Å²) in [6, 6.07) is 1.99. The zero-order chi connectivity index (χ0) is 16.8. The van der Waals surface area contributed by atoms with Crippen molar-refractivity contribution in [2.45, 2.75) is 24.9 Å². The van der Waals surface area contributed by atoms with Gasteiger partial charge in [0, 0.05) is 11.5 Å². The van der Waals surface area contributed by atoms with Crippen LogP contribution >= 0.6 is 0 Å². The number of carbonyl (C=O) groups is 1. The molecule has 0 amide bonds. The van der Waals surface area contributed by atoms with Crippen LogP contribution < -0.4 is 0 Å². The highest BCUT2D eigenvalue weighted by Crippen LogP contribution is 2.43. The molecule has 0 bridgehead atoms. The maximum Gasteiger partial charge on any atom is 0.416 e. The fourth-order valence-corrected chi connectivity index (χ4v) is 2.20. The normalized spacial score (nSPS) is 14.8. The Bertz CT molecular complexity index is 763. The summed E-state index contributed by atoms with van der Waals surface area (Å²) in [5.74, 6) is -1.79. The van der Waals surface area contributed by atoms with E-state index in [1.165, 1.54) is 0 Å². The van der Waals surface area contributed by atoms with Crippen LogP contribution in [0, 0.1) is 5.82 Å². The number of nitrogens with zero attached hydrogens (tertiary/aromatic N) is 1. The van der Waals surface area contributed by atoms with E-state index in [1.807, 2.05) is 0 Å². The minimum absolute atomic E-state index is 0.0130. The molecule has 3 rings (SSSR count). The Labute approximate surface area is 128 Å². The summed E-state index contributed by atoms with van der Waals surface area (Å²) in [7, 11) is 1.16. The number of carbonyl (C=O) groups excluding carboxylic acids is 1. The molecule has 2 aromatic rings. The van der Waals surface area contributed by atoms with Gasteiger partial charge in [0.1, 0.15) is 11.6 Å². The fourth-order valence-electron chi connectivity index (χ4n) is 2.20. The Kier molecular flexibility index (Phi) is 3.62. The molecule has 0 radical (unpaired) electrons. The SMILES string of the molecule is COC(=O)c1nc(-c2cc(F)cc(C(F)(F)F)c2)oc1C1CC1. The molecule has 122 valence electrons. The fraction of sp³-hybridized carbons (Fsp3) is 0.333. The first-order valence-corrected chi connectivity index (χ1v) is 6.77. The minimum atomic E-state index is -4.70. The molecule has 1 saturated carbocycles. The monoisotopic (exact) mass is 329 g/mol. The third-order valence-electron chi connectivity index (χ3n) is 3.45. The van der Waals surface area contributed by atoms with Crippen LogP contribution in [-0.4, -0.2) is 18.1 Å². The predicted molar refractivity (Wildman–Crippen MR) is 70.2 cm³/mol. The molecule has 23 heavy (non-hydrogen) atoms. The largest absolute Gasteiger partial charge is 0.464 e. The molecule has 1 aromatic carbocycles. The number of alkyl halides is 3. The molecule has 4 nitrogen and oxygen atoms in total. The first-order valence-electron chi connectivity index (χ1n) is 6.77. The third kappa shape index (κ3) is 3.06. The summed E-state index contributed by atoms with van der Waals surface area (Å²) in [5, 5.41) is 0. The maximum atomic E-state index is 13.5. The van der Waals surface area contributed by atoms with Crippen molar-refractivity contribution < 1.29 is 31.5 Å². The zero-order valence-electron chi connectivity index (χ0n) is 11.9. The number of methoxy groups -OCH3 is 1. The van der Waals surface area contributed by atoms with Gasteiger partial charge in [-0.15, -0.1) is 0 Å². The Hall–Kier alpha value is -2.38. The third-order valence-corrected chi connectivity index (χ3v) is 3.45. The van der Waals surface area contributed by atoms with Gasteiger partial charge in [0.2, 0.25) is 5.89 Å². The average molecular weight is 329 g/mol. The molecule has 0 atom stereocenters. The molecule has 0 unspecified atom stereocenters. The zero-order valence-corrected chi connectivity index (χ0v) is 11.9. The average Bonchev–Trinajstić information content (AvgIpc) is 3.23. The first-order chi connectivity index (χ1) is 10.8. The van der Waals surface area contributed by atoms with Gasteiger partial charge in [0.25, 0.3) is 0 Å². The van der Waals surface area contributed by atoms with Crippen LogP contribution in [-0.2, 0) is 10.9 Å². The van der Waals surface area contributed by atoms with Gasteiger partial charge in [-0.25, -0.2) is 14.2 Å². The van der Waals surface area contributed by atoms with Crippen LogP contribution in [0.2, 0.25) is 0 Å². The Morgan fingerprint density at radius 3 is 2.57 bits per heavy atom. The van der Waals surface area contributed by atoms with E-state index in [-0.39, 0.29) is 28.8 Å². The Morgan fingerprint density at radius 1 is 1.30 bits per heavy atom. The van der Waals surface area contributed by atoms with Gasteiger partial charge in [-0.3, -0.25) is 0 Å². The van der Waals surface area contributed by atoms with Crippen LogP contribution in [0.3, 0.4) is 0 Å². The standard InChI is InChI=1S/C15H11F4NO3/c1-22-14(21)11-12(7-2-3-7)23-13(20-11)8-4-9(15(17,18)19)6-10(16)5-8/h4-7H,2-3H2,1H3. The number of hydrogen-bond acceptors (Lipinski definition) is 4. The van der Waals surface area contributed by atoms with E-state index < -0.39 is 23.5 Å². The minimum Gasteiger partial charge on any atom is -0.464 e. The van der Waals surface area contributed by atoms with Gasteiger partial charge in [0.15, 0.2) is 5.69 Å². The van der Waals surface area contributed by atoms with Crippen molar-refractivity contribution >= 4 is 5.97 Å². The van der Waals surface area contributed by atoms with Crippen LogP contribution in [0.5, 0.6) is 0 Å². The molecular weight excluding hydrogens is 318 g/mol. The van der Waals surface area contributed by atoms with Gasteiger partial charge < -0.3 is 9.15 Å². The number of oxazole rings is 1. The lowest BCUT2D eigenvalue weighted by Gasteiger charge is -2.07. The molecule has 1 heterocycles. The lowest BCUT2D eigenvalue weighted by Crippen LogP contribution is -2.06. The van der Waals surface area contributed by atoms with Crippen LogP contribution in [0.25, 0.3) is 11.5 Å². The topological polar surface area (TPSA) is 52.3 Å². The highest BCUT2D eigenvalue weighted by atomic mass is 19.4. The Balaban J connectivity index is 2.08. The van der Waals surface area contributed by atoms with E-state index in [0.717, 1.165) is 32.1 Å². The second-order valence-electron chi connectivity index (χ2n) is 5.22. The number of esters is 1. The van der Waals surface area contributed by atoms with Crippen molar-refractivity contribution in [1.82, 2.24) is 4.98 Å². The molecule has 0 N–H and O–H groups in total. The van der Waals surface area contributed by atoms with Crippen molar-refractivity contribution in [2.75, 3.05) is 7.11 Å². The van der Waals surface area contributed by atoms with Crippen molar-refractivity contribution in [1.29, 1.82) is 0 Å². The Morgan fingerprint density at radius 2 is 2.00 bits per heavy atom. The molecule has 8 heteroatoms. The van der Waals surface area contributed by atoms with Crippen LogP contribution in [0.15, 0.2) is 22.6 Å². The van der Waals surface area contributed by atoms with Crippen molar-refractivity contribution in [3.8, 4) is 11.5 Å². The lowest BCUT2D eigenvalue weighted by atomic mass is 10.1. The van der Waals surface area contributed by atoms with E-state index in [9.17, 15) is 22.4 Å². The van der Waals surface area contributed by atoms with E-state index in [0.29, 0.717) is 6.07 Å². The maximum absolute atomic E-state index is 13.5. The predicted octanol–water partition coefficient (Wildman–Crippen LogP) is 4.16. The van der Waals surface area contributed by atoms with Gasteiger partial charge >= 0.3 is 12.1 Å². The molecule has 1 fully saturated rings. The summed E-state index contributed by atoms with van der Waals surface area (Å²) in [4.78, 5) is 15.6. The molecule has 1 aromatic heterocycles. The molecule has 1 aliphatic rings. The molecule has 1 aliphatic carbocycles. The summed E-state index contributed by atoms with van der Waals surface area (Å²) in [5.41, 5.74) is -1.42. The molecule has 0 spiro atoms. The number of hydrogen-bond donors (Lipinski definition) is 0. The van der Waals surface area contributed by atoms with Crippen molar-refractivity contribution in [3.63, 3.8) is 0 Å². The van der Waals surface area contributed by atoms with Crippen LogP contribution in [0.1, 0.15) is 40.6 Å². The smallest absolute Gasteiger partial charge is 0.416 e. The van der Waals surface area contributed by atoms with Crippen molar-refractivity contribution in [2.24, 2.45) is 0 Å².